The van der Waals surface area contributed by atoms with Crippen LogP contribution in [0.5, 0.6) is 0 Å². The number of aliphatic hydroxyl groups excluding tert-OH is 1. The van der Waals surface area contributed by atoms with Gasteiger partial charge in [-0.15, -0.1) is 0 Å². The second-order valence-corrected chi connectivity index (χ2v) is 9.41. The van der Waals surface area contributed by atoms with Crippen molar-refractivity contribution in [3.05, 3.63) is 71.1 Å². The summed E-state index contributed by atoms with van der Waals surface area (Å²) in [5, 5.41) is 16.2. The van der Waals surface area contributed by atoms with Gasteiger partial charge in [-0.3, -0.25) is 4.79 Å². The highest BCUT2D eigenvalue weighted by Crippen LogP contribution is 2.41. The maximum absolute atomic E-state index is 13.1. The van der Waals surface area contributed by atoms with E-state index in [9.17, 15) is 9.90 Å². The molecule has 0 radical (unpaired) electrons. The smallest absolute Gasteiger partial charge is 0.254 e. The number of aliphatic imine (C=N–C) groups is 1. The Balaban J connectivity index is 1.47. The Hall–Kier alpha value is -3.91. The third-order valence-corrected chi connectivity index (χ3v) is 7.15. The van der Waals surface area contributed by atoms with Crippen molar-refractivity contribution in [2.75, 3.05) is 23.3 Å². The topological polar surface area (TPSA) is 94.8 Å². The average molecular weight is 485 g/mol. The van der Waals surface area contributed by atoms with E-state index in [0.717, 1.165) is 65.4 Å². The van der Waals surface area contributed by atoms with Crippen molar-refractivity contribution < 1.29 is 9.90 Å². The van der Waals surface area contributed by atoms with Crippen molar-refractivity contribution in [1.29, 1.82) is 0 Å². The summed E-state index contributed by atoms with van der Waals surface area (Å²) in [4.78, 5) is 24.1. The predicted molar refractivity (Wildman–Crippen MR) is 145 cm³/mol. The van der Waals surface area contributed by atoms with Crippen LogP contribution in [0.2, 0.25) is 0 Å². The van der Waals surface area contributed by atoms with Gasteiger partial charge in [0.25, 0.3) is 5.91 Å². The minimum Gasteiger partial charge on any atom is -0.393 e. The van der Waals surface area contributed by atoms with Crippen LogP contribution in [-0.2, 0) is 7.05 Å². The summed E-state index contributed by atoms with van der Waals surface area (Å²) >= 11 is 0. The first kappa shape index (κ1) is 23.8. The summed E-state index contributed by atoms with van der Waals surface area (Å²) in [6, 6.07) is 9.86. The molecule has 0 aliphatic carbocycles. The number of allylic oxidation sites excluding steroid dienone is 1. The number of hydrogen-bond donors (Lipinski definition) is 3. The lowest BCUT2D eigenvalue weighted by atomic mass is 9.89. The minimum atomic E-state index is -0.210. The maximum atomic E-state index is 13.1. The summed E-state index contributed by atoms with van der Waals surface area (Å²) in [7, 11) is 1.94. The monoisotopic (exact) mass is 484 g/mol. The van der Waals surface area contributed by atoms with Gasteiger partial charge in [-0.25, -0.2) is 9.98 Å². The quantitative estimate of drug-likeness (QED) is 0.441. The lowest BCUT2D eigenvalue weighted by Crippen LogP contribution is -2.35. The van der Waals surface area contributed by atoms with Gasteiger partial charge in [0.1, 0.15) is 11.6 Å². The summed E-state index contributed by atoms with van der Waals surface area (Å²) < 4.78 is 1.94. The molecule has 8 heteroatoms. The van der Waals surface area contributed by atoms with E-state index in [1.165, 1.54) is 0 Å². The molecule has 2 aromatic heterocycles. The number of carbonyl (C=O) groups is 1. The number of aromatic nitrogens is 2. The van der Waals surface area contributed by atoms with Crippen molar-refractivity contribution in [2.45, 2.75) is 38.8 Å². The highest BCUT2D eigenvalue weighted by atomic mass is 16.3. The van der Waals surface area contributed by atoms with Crippen molar-refractivity contribution in [2.24, 2.45) is 12.0 Å². The number of aryl methyl sites for hydroxylation is 1. The molecule has 3 N–H and O–H groups in total. The average Bonchev–Trinajstić information content (AvgIpc) is 3.40. The number of piperidine rings is 1. The zero-order chi connectivity index (χ0) is 25.4. The van der Waals surface area contributed by atoms with Crippen LogP contribution in [-0.4, -0.2) is 46.5 Å². The van der Waals surface area contributed by atoms with Crippen LogP contribution in [0.3, 0.4) is 0 Å². The van der Waals surface area contributed by atoms with Gasteiger partial charge in [0.15, 0.2) is 0 Å². The molecule has 3 aromatic rings. The van der Waals surface area contributed by atoms with E-state index in [0.29, 0.717) is 11.4 Å². The second kappa shape index (κ2) is 9.62. The zero-order valence-corrected chi connectivity index (χ0v) is 21.0. The Labute approximate surface area is 211 Å². The number of fused-ring (bicyclic) bond motifs is 1. The number of carbonyl (C=O) groups excluding carboxylic acids is 1. The van der Waals surface area contributed by atoms with Gasteiger partial charge >= 0.3 is 0 Å². The molecule has 1 atom stereocenters. The Morgan fingerprint density at radius 3 is 2.67 bits per heavy atom. The molecule has 0 bridgehead atoms. The molecule has 0 spiro atoms. The molecule has 5 rings (SSSR count). The molecule has 1 fully saturated rings. The number of benzene rings is 1. The Morgan fingerprint density at radius 1 is 1.22 bits per heavy atom. The number of aliphatic hydroxyl groups is 1. The van der Waals surface area contributed by atoms with Gasteiger partial charge in [0.05, 0.1) is 35.3 Å². The third kappa shape index (κ3) is 4.18. The molecule has 2 aliphatic heterocycles. The fourth-order valence-electron chi connectivity index (χ4n) is 5.29. The maximum Gasteiger partial charge on any atom is 0.254 e. The summed E-state index contributed by atoms with van der Waals surface area (Å²) in [5.41, 5.74) is 6.34. The first-order valence-corrected chi connectivity index (χ1v) is 12.3. The molecule has 4 heterocycles. The Kier molecular flexibility index (Phi) is 6.36. The Morgan fingerprint density at radius 2 is 2.00 bits per heavy atom. The number of nitrogens with zero attached hydrogens (tertiary/aromatic N) is 4. The lowest BCUT2D eigenvalue weighted by molar-refractivity contribution is 0.0959. The number of hydrogen-bond acceptors (Lipinski definition) is 6. The van der Waals surface area contributed by atoms with E-state index >= 15 is 0 Å². The molecule has 1 amide bonds. The van der Waals surface area contributed by atoms with Crippen molar-refractivity contribution in [3.8, 4) is 0 Å². The molecular formula is C28H32N6O2. The van der Waals surface area contributed by atoms with E-state index in [1.807, 2.05) is 62.1 Å². The lowest BCUT2D eigenvalue weighted by Gasteiger charge is -2.31. The van der Waals surface area contributed by atoms with Crippen LogP contribution in [0, 0.1) is 0 Å². The number of amides is 1. The van der Waals surface area contributed by atoms with Crippen LogP contribution in [0.25, 0.3) is 5.57 Å². The van der Waals surface area contributed by atoms with Crippen LogP contribution in [0.4, 0.5) is 23.0 Å². The molecular weight excluding hydrogens is 452 g/mol. The van der Waals surface area contributed by atoms with E-state index in [2.05, 4.69) is 44.4 Å². The molecule has 186 valence electrons. The van der Waals surface area contributed by atoms with E-state index in [4.69, 9.17) is 0 Å². The number of rotatable bonds is 6. The zero-order valence-electron chi connectivity index (χ0n) is 21.0. The largest absolute Gasteiger partial charge is 0.393 e. The number of pyridine rings is 1. The minimum absolute atomic E-state index is 0.101. The van der Waals surface area contributed by atoms with Gasteiger partial charge in [-0.1, -0.05) is 12.1 Å². The Bertz CT molecular complexity index is 1330. The normalized spacial score (nSPS) is 18.2. The van der Waals surface area contributed by atoms with Crippen molar-refractivity contribution in [3.63, 3.8) is 0 Å². The van der Waals surface area contributed by atoms with Crippen LogP contribution in [0.15, 0.2) is 53.8 Å². The highest BCUT2D eigenvalue weighted by Gasteiger charge is 2.32. The molecule has 0 saturated carbocycles. The molecule has 1 saturated heterocycles. The van der Waals surface area contributed by atoms with E-state index in [1.54, 1.807) is 0 Å². The number of anilines is 3. The SMILES string of the molecule is C=Nc1c(/C(=C\C)c2ccc(Nc3ccc(N4CCC(O)CC4)cn3)c3c2[C@@H](C)NC3=O)ccn1C. The van der Waals surface area contributed by atoms with Gasteiger partial charge in [-0.2, -0.15) is 0 Å². The van der Waals surface area contributed by atoms with E-state index in [-0.39, 0.29) is 18.1 Å². The summed E-state index contributed by atoms with van der Waals surface area (Å²) in [5.74, 6) is 1.36. The highest BCUT2D eigenvalue weighted by molar-refractivity contribution is 6.07. The first-order chi connectivity index (χ1) is 17.4. The van der Waals surface area contributed by atoms with Crippen molar-refractivity contribution in [1.82, 2.24) is 14.9 Å². The molecule has 1 aromatic carbocycles. The first-order valence-electron chi connectivity index (χ1n) is 12.3. The molecule has 8 nitrogen and oxygen atoms in total. The van der Waals surface area contributed by atoms with Crippen LogP contribution >= 0.6 is 0 Å². The van der Waals surface area contributed by atoms with Gasteiger partial charge in [-0.05, 0) is 74.4 Å². The van der Waals surface area contributed by atoms with Gasteiger partial charge in [0, 0.05) is 31.9 Å². The summed E-state index contributed by atoms with van der Waals surface area (Å²) in [6.07, 6.45) is 7.20. The number of nitrogens with one attached hydrogen (secondary N) is 2. The second-order valence-electron chi connectivity index (χ2n) is 9.41. The van der Waals surface area contributed by atoms with Crippen molar-refractivity contribution >= 4 is 41.2 Å². The molecule has 0 unspecified atom stereocenters. The standard InChI is InChI=1S/C28H32N6O2/c1-5-20(22-12-13-33(4)27(22)29-3)21-7-8-23(26-25(21)17(2)31-28(26)36)32-24-9-6-18(16-30-24)34-14-10-19(35)11-15-34/h5-9,12-13,16-17,19,35H,3,10-11,14-15H2,1-2,4H3,(H,30,32)(H,31,36)/b20-5-/t17-/m1/s1. The molecule has 2 aliphatic rings. The van der Waals surface area contributed by atoms with Crippen LogP contribution < -0.4 is 15.5 Å². The van der Waals surface area contributed by atoms with Gasteiger partial charge < -0.3 is 25.2 Å². The summed E-state index contributed by atoms with van der Waals surface area (Å²) in [6.45, 7) is 9.38. The fourth-order valence-corrected chi connectivity index (χ4v) is 5.29. The third-order valence-electron chi connectivity index (χ3n) is 7.15. The predicted octanol–water partition coefficient (Wildman–Crippen LogP) is 4.71. The van der Waals surface area contributed by atoms with E-state index < -0.39 is 0 Å². The molecule has 36 heavy (non-hydrogen) atoms. The van der Waals surface area contributed by atoms with Crippen LogP contribution in [0.1, 0.15) is 59.8 Å². The fraction of sp³-hybridized carbons (Fsp3) is 0.321. The van der Waals surface area contributed by atoms with Gasteiger partial charge in [0.2, 0.25) is 0 Å².